The van der Waals surface area contributed by atoms with Crippen molar-refractivity contribution in [1.29, 1.82) is 0 Å². The SMILES string of the molecule is COc1ccc(C(=O)NCC2(O)CCNC2)c(F)c1. The molecule has 0 radical (unpaired) electrons. The van der Waals surface area contributed by atoms with Crippen LogP contribution in [0.4, 0.5) is 4.39 Å². The number of halogens is 1. The van der Waals surface area contributed by atoms with Gasteiger partial charge >= 0.3 is 0 Å². The van der Waals surface area contributed by atoms with Crippen molar-refractivity contribution in [3.8, 4) is 5.75 Å². The first-order valence-corrected chi connectivity index (χ1v) is 6.09. The number of hydrogen-bond donors (Lipinski definition) is 3. The molecular formula is C13H17FN2O3. The maximum absolute atomic E-state index is 13.7. The molecule has 1 saturated heterocycles. The molecule has 104 valence electrons. The molecule has 0 spiro atoms. The average molecular weight is 268 g/mol. The van der Waals surface area contributed by atoms with Gasteiger partial charge in [0.25, 0.3) is 5.91 Å². The predicted octanol–water partition coefficient (Wildman–Crippen LogP) is 0.288. The maximum atomic E-state index is 13.7. The molecule has 1 aliphatic rings. The Bertz CT molecular complexity index is 473. The Kier molecular flexibility index (Phi) is 4.01. The van der Waals surface area contributed by atoms with Crippen LogP contribution in [0, 0.1) is 5.82 Å². The Balaban J connectivity index is 2.00. The second-order valence-corrected chi connectivity index (χ2v) is 4.68. The van der Waals surface area contributed by atoms with E-state index in [0.717, 1.165) is 6.07 Å². The molecule has 1 aromatic carbocycles. The van der Waals surface area contributed by atoms with Crippen molar-refractivity contribution < 1.29 is 19.0 Å². The van der Waals surface area contributed by atoms with E-state index in [1.54, 1.807) is 0 Å². The number of β-amino-alcohol motifs (C(OH)–C–C–N with tert-alkyl or cyclic N) is 1. The standard InChI is InChI=1S/C13H17FN2O3/c1-19-9-2-3-10(11(14)6-9)12(17)16-8-13(18)4-5-15-7-13/h2-3,6,15,18H,4-5,7-8H2,1H3,(H,16,17). The summed E-state index contributed by atoms with van der Waals surface area (Å²) in [5.74, 6) is -0.832. The number of aliphatic hydroxyl groups is 1. The monoisotopic (exact) mass is 268 g/mol. The lowest BCUT2D eigenvalue weighted by atomic mass is 10.0. The summed E-state index contributed by atoms with van der Waals surface area (Å²) in [5, 5.41) is 15.6. The smallest absolute Gasteiger partial charge is 0.254 e. The van der Waals surface area contributed by atoms with E-state index in [4.69, 9.17) is 4.74 Å². The Hall–Kier alpha value is -1.66. The highest BCUT2D eigenvalue weighted by Gasteiger charge is 2.31. The summed E-state index contributed by atoms with van der Waals surface area (Å²) in [6, 6.07) is 4.03. The molecular weight excluding hydrogens is 251 g/mol. The number of carbonyl (C=O) groups is 1. The lowest BCUT2D eigenvalue weighted by molar-refractivity contribution is 0.0560. The fraction of sp³-hybridized carbons (Fsp3) is 0.462. The fourth-order valence-corrected chi connectivity index (χ4v) is 2.03. The minimum absolute atomic E-state index is 0.0599. The van der Waals surface area contributed by atoms with E-state index in [1.807, 2.05) is 0 Å². The number of benzene rings is 1. The van der Waals surface area contributed by atoms with Gasteiger partial charge in [-0.1, -0.05) is 0 Å². The van der Waals surface area contributed by atoms with E-state index in [-0.39, 0.29) is 12.1 Å². The third kappa shape index (κ3) is 3.21. The van der Waals surface area contributed by atoms with E-state index < -0.39 is 17.3 Å². The zero-order valence-electron chi connectivity index (χ0n) is 10.7. The lowest BCUT2D eigenvalue weighted by Crippen LogP contribution is -2.44. The van der Waals surface area contributed by atoms with Crippen LogP contribution < -0.4 is 15.4 Å². The maximum Gasteiger partial charge on any atom is 0.254 e. The Morgan fingerprint density at radius 2 is 2.42 bits per heavy atom. The van der Waals surface area contributed by atoms with Gasteiger partial charge in [-0.05, 0) is 25.1 Å². The van der Waals surface area contributed by atoms with Crippen LogP contribution in [0.2, 0.25) is 0 Å². The predicted molar refractivity (Wildman–Crippen MR) is 67.7 cm³/mol. The molecule has 0 bridgehead atoms. The fourth-order valence-electron chi connectivity index (χ4n) is 2.03. The molecule has 2 rings (SSSR count). The van der Waals surface area contributed by atoms with Crippen molar-refractivity contribution >= 4 is 5.91 Å². The highest BCUT2D eigenvalue weighted by atomic mass is 19.1. The van der Waals surface area contributed by atoms with Gasteiger partial charge in [0.1, 0.15) is 11.6 Å². The average Bonchev–Trinajstić information content (AvgIpc) is 2.83. The molecule has 1 atom stereocenters. The third-order valence-electron chi connectivity index (χ3n) is 3.22. The van der Waals surface area contributed by atoms with Crippen molar-refractivity contribution in [1.82, 2.24) is 10.6 Å². The van der Waals surface area contributed by atoms with E-state index >= 15 is 0 Å². The largest absolute Gasteiger partial charge is 0.497 e. The van der Waals surface area contributed by atoms with Gasteiger partial charge < -0.3 is 20.5 Å². The summed E-state index contributed by atoms with van der Waals surface area (Å²) in [6.07, 6.45) is 0.568. The van der Waals surface area contributed by atoms with E-state index in [1.165, 1.54) is 19.2 Å². The first-order chi connectivity index (χ1) is 9.04. The van der Waals surface area contributed by atoms with Gasteiger partial charge in [-0.3, -0.25) is 4.79 Å². The molecule has 0 aliphatic carbocycles. The second-order valence-electron chi connectivity index (χ2n) is 4.68. The van der Waals surface area contributed by atoms with Gasteiger partial charge in [0, 0.05) is 19.2 Å². The molecule has 1 fully saturated rings. The first kappa shape index (κ1) is 13.8. The topological polar surface area (TPSA) is 70.6 Å². The Labute approximate surface area is 110 Å². The van der Waals surface area contributed by atoms with Crippen molar-refractivity contribution in [3.05, 3.63) is 29.6 Å². The minimum Gasteiger partial charge on any atom is -0.497 e. The quantitative estimate of drug-likeness (QED) is 0.734. The first-order valence-electron chi connectivity index (χ1n) is 6.09. The highest BCUT2D eigenvalue weighted by molar-refractivity contribution is 5.94. The molecule has 5 nitrogen and oxygen atoms in total. The number of rotatable bonds is 4. The van der Waals surface area contributed by atoms with Crippen molar-refractivity contribution in [2.75, 3.05) is 26.7 Å². The van der Waals surface area contributed by atoms with Crippen LogP contribution in [0.1, 0.15) is 16.8 Å². The van der Waals surface area contributed by atoms with Gasteiger partial charge in [-0.25, -0.2) is 4.39 Å². The summed E-state index contributed by atoms with van der Waals surface area (Å²) in [5.41, 5.74) is -1.01. The molecule has 1 aliphatic heterocycles. The van der Waals surface area contributed by atoms with Crippen LogP contribution in [0.15, 0.2) is 18.2 Å². The molecule has 0 aromatic heterocycles. The van der Waals surface area contributed by atoms with Gasteiger partial charge in [0.2, 0.25) is 0 Å². The number of methoxy groups -OCH3 is 1. The van der Waals surface area contributed by atoms with Gasteiger partial charge in [-0.2, -0.15) is 0 Å². The summed E-state index contributed by atoms with van der Waals surface area (Å²) in [6.45, 7) is 1.24. The Morgan fingerprint density at radius 3 is 3.00 bits per heavy atom. The van der Waals surface area contributed by atoms with Crippen LogP contribution in [0.25, 0.3) is 0 Å². The van der Waals surface area contributed by atoms with Crippen LogP contribution >= 0.6 is 0 Å². The van der Waals surface area contributed by atoms with Crippen molar-refractivity contribution in [2.45, 2.75) is 12.0 Å². The molecule has 3 N–H and O–H groups in total. The van der Waals surface area contributed by atoms with Gasteiger partial charge in [-0.15, -0.1) is 0 Å². The highest BCUT2D eigenvalue weighted by Crippen LogP contribution is 2.17. The molecule has 1 heterocycles. The number of nitrogens with one attached hydrogen (secondary N) is 2. The third-order valence-corrected chi connectivity index (χ3v) is 3.22. The zero-order chi connectivity index (χ0) is 13.9. The molecule has 6 heteroatoms. The number of carbonyl (C=O) groups excluding carboxylic acids is 1. The van der Waals surface area contributed by atoms with E-state index in [0.29, 0.717) is 25.3 Å². The normalized spacial score (nSPS) is 22.3. The van der Waals surface area contributed by atoms with Crippen molar-refractivity contribution in [3.63, 3.8) is 0 Å². The van der Waals surface area contributed by atoms with E-state index in [2.05, 4.69) is 10.6 Å². The van der Waals surface area contributed by atoms with Crippen LogP contribution in [-0.2, 0) is 0 Å². The van der Waals surface area contributed by atoms with Crippen LogP contribution in [0.3, 0.4) is 0 Å². The minimum atomic E-state index is -0.946. The molecule has 0 saturated carbocycles. The van der Waals surface area contributed by atoms with E-state index in [9.17, 15) is 14.3 Å². The summed E-state index contributed by atoms with van der Waals surface area (Å²) in [4.78, 5) is 11.8. The summed E-state index contributed by atoms with van der Waals surface area (Å²) >= 11 is 0. The van der Waals surface area contributed by atoms with Gasteiger partial charge in [0.05, 0.1) is 18.3 Å². The van der Waals surface area contributed by atoms with Gasteiger partial charge in [0.15, 0.2) is 0 Å². The molecule has 1 unspecified atom stereocenters. The number of hydrogen-bond acceptors (Lipinski definition) is 4. The molecule has 19 heavy (non-hydrogen) atoms. The molecule has 1 amide bonds. The van der Waals surface area contributed by atoms with Crippen LogP contribution in [-0.4, -0.2) is 43.4 Å². The molecule has 1 aromatic rings. The zero-order valence-corrected chi connectivity index (χ0v) is 10.7. The lowest BCUT2D eigenvalue weighted by Gasteiger charge is -2.21. The second kappa shape index (κ2) is 5.54. The summed E-state index contributed by atoms with van der Waals surface area (Å²) in [7, 11) is 1.43. The van der Waals surface area contributed by atoms with Crippen molar-refractivity contribution in [2.24, 2.45) is 0 Å². The number of amides is 1. The van der Waals surface area contributed by atoms with Crippen LogP contribution in [0.5, 0.6) is 5.75 Å². The Morgan fingerprint density at radius 1 is 1.63 bits per heavy atom. The summed E-state index contributed by atoms with van der Waals surface area (Å²) < 4.78 is 18.5. The number of ether oxygens (including phenoxy) is 1.